The molecule has 5 heteroatoms. The van der Waals surface area contributed by atoms with Crippen LogP contribution in [0.2, 0.25) is 0 Å². The van der Waals surface area contributed by atoms with Crippen LogP contribution in [-0.2, 0) is 10.0 Å². The van der Waals surface area contributed by atoms with Gasteiger partial charge in [-0.2, -0.15) is 4.31 Å². The topological polar surface area (TPSA) is 63.4 Å². The van der Waals surface area contributed by atoms with Crippen LogP contribution in [0.5, 0.6) is 0 Å². The zero-order chi connectivity index (χ0) is 12.5. The van der Waals surface area contributed by atoms with Gasteiger partial charge in [0.05, 0.1) is 5.75 Å². The van der Waals surface area contributed by atoms with E-state index in [2.05, 4.69) is 0 Å². The third-order valence-corrected chi connectivity index (χ3v) is 5.23. The van der Waals surface area contributed by atoms with Gasteiger partial charge in [-0.25, -0.2) is 8.42 Å². The van der Waals surface area contributed by atoms with Crippen LogP contribution >= 0.6 is 0 Å². The molecule has 1 atom stereocenters. The van der Waals surface area contributed by atoms with Crippen LogP contribution in [0.3, 0.4) is 0 Å². The normalized spacial score (nSPS) is 22.2. The highest BCUT2D eigenvalue weighted by Crippen LogP contribution is 2.27. The van der Waals surface area contributed by atoms with Crippen molar-refractivity contribution in [2.24, 2.45) is 0 Å². The Morgan fingerprint density at radius 1 is 1.35 bits per heavy atom. The second-order valence-corrected chi connectivity index (χ2v) is 6.52. The summed E-state index contributed by atoms with van der Waals surface area (Å²) in [6.45, 7) is 2.52. The number of nitrogens with zero attached hydrogens (tertiary/aromatic N) is 1. The van der Waals surface area contributed by atoms with Gasteiger partial charge in [0.25, 0.3) is 0 Å². The molecule has 2 N–H and O–H groups in total. The third kappa shape index (κ3) is 2.61. The number of nitrogens with two attached hydrogens (primary N) is 1. The first-order valence-corrected chi connectivity index (χ1v) is 7.46. The fourth-order valence-electron chi connectivity index (χ4n) is 2.23. The van der Waals surface area contributed by atoms with Gasteiger partial charge in [-0.05, 0) is 37.5 Å². The highest BCUT2D eigenvalue weighted by atomic mass is 32.2. The highest BCUT2D eigenvalue weighted by molar-refractivity contribution is 7.89. The predicted octanol–water partition coefficient (Wildman–Crippen LogP) is 1.76. The molecule has 1 heterocycles. The van der Waals surface area contributed by atoms with Gasteiger partial charge in [-0.3, -0.25) is 0 Å². The molecule has 1 saturated heterocycles. The van der Waals surface area contributed by atoms with Gasteiger partial charge < -0.3 is 5.73 Å². The molecule has 0 spiro atoms. The molecule has 1 aliphatic rings. The average molecular weight is 254 g/mol. The molecule has 0 aliphatic carbocycles. The Morgan fingerprint density at radius 2 is 2.12 bits per heavy atom. The van der Waals surface area contributed by atoms with Crippen LogP contribution in [0.4, 0.5) is 5.69 Å². The maximum absolute atomic E-state index is 12.0. The van der Waals surface area contributed by atoms with Crippen molar-refractivity contribution >= 4 is 15.7 Å². The lowest BCUT2D eigenvalue weighted by Crippen LogP contribution is -2.39. The number of hydrogen-bond acceptors (Lipinski definition) is 3. The van der Waals surface area contributed by atoms with Gasteiger partial charge in [0, 0.05) is 18.3 Å². The van der Waals surface area contributed by atoms with E-state index < -0.39 is 10.0 Å². The summed E-state index contributed by atoms with van der Waals surface area (Å²) >= 11 is 0. The van der Waals surface area contributed by atoms with E-state index in [1.165, 1.54) is 0 Å². The Hall–Kier alpha value is -1.07. The summed E-state index contributed by atoms with van der Waals surface area (Å²) in [6, 6.07) is 7.29. The molecule has 2 rings (SSSR count). The standard InChI is InChI=1S/C12H18N2O2S/c1-10(11-5-4-6-12(13)9-11)14-7-2-3-8-17(14,15)16/h4-6,9-10H,2-3,7-8,13H2,1H3. The lowest BCUT2D eigenvalue weighted by Gasteiger charge is -2.31. The minimum atomic E-state index is -3.09. The van der Waals surface area contributed by atoms with Gasteiger partial charge in [-0.1, -0.05) is 12.1 Å². The van der Waals surface area contributed by atoms with Crippen molar-refractivity contribution in [2.75, 3.05) is 18.0 Å². The van der Waals surface area contributed by atoms with Crippen molar-refractivity contribution in [3.63, 3.8) is 0 Å². The van der Waals surface area contributed by atoms with Crippen molar-refractivity contribution in [1.82, 2.24) is 4.31 Å². The Bertz CT molecular complexity index is 499. The summed E-state index contributed by atoms with van der Waals surface area (Å²) in [6.07, 6.45) is 1.70. The SMILES string of the molecule is CC(c1cccc(N)c1)N1CCCCS1(=O)=O. The van der Waals surface area contributed by atoms with Gasteiger partial charge in [-0.15, -0.1) is 0 Å². The molecule has 0 amide bonds. The number of benzene rings is 1. The van der Waals surface area contributed by atoms with Gasteiger partial charge in [0.2, 0.25) is 10.0 Å². The first kappa shape index (κ1) is 12.4. The van der Waals surface area contributed by atoms with E-state index in [1.807, 2.05) is 25.1 Å². The van der Waals surface area contributed by atoms with E-state index in [4.69, 9.17) is 5.73 Å². The van der Waals surface area contributed by atoms with Crippen LogP contribution in [0.1, 0.15) is 31.4 Å². The Kier molecular flexibility index (Phi) is 3.40. The van der Waals surface area contributed by atoms with E-state index in [-0.39, 0.29) is 11.8 Å². The summed E-state index contributed by atoms with van der Waals surface area (Å²) in [7, 11) is -3.09. The molecule has 1 fully saturated rings. The Balaban J connectivity index is 2.28. The smallest absolute Gasteiger partial charge is 0.214 e. The van der Waals surface area contributed by atoms with E-state index in [0.717, 1.165) is 18.4 Å². The maximum atomic E-state index is 12.0. The molecule has 0 bridgehead atoms. The summed E-state index contributed by atoms with van der Waals surface area (Å²) in [5.74, 6) is 0.264. The number of nitrogen functional groups attached to an aromatic ring is 1. The molecule has 94 valence electrons. The fraction of sp³-hybridized carbons (Fsp3) is 0.500. The second-order valence-electron chi connectivity index (χ2n) is 4.48. The molecule has 1 aromatic carbocycles. The molecule has 1 unspecified atom stereocenters. The molecule has 4 nitrogen and oxygen atoms in total. The third-order valence-electron chi connectivity index (χ3n) is 3.21. The molecule has 0 aromatic heterocycles. The lowest BCUT2D eigenvalue weighted by atomic mass is 10.1. The average Bonchev–Trinajstić information content (AvgIpc) is 2.27. The largest absolute Gasteiger partial charge is 0.399 e. The summed E-state index contributed by atoms with van der Waals surface area (Å²) in [4.78, 5) is 0. The molecule has 1 aromatic rings. The zero-order valence-electron chi connectivity index (χ0n) is 9.96. The lowest BCUT2D eigenvalue weighted by molar-refractivity contribution is 0.322. The molecule has 0 saturated carbocycles. The summed E-state index contributed by atoms with van der Waals surface area (Å²) in [5, 5.41) is 0. The van der Waals surface area contributed by atoms with E-state index in [9.17, 15) is 8.42 Å². The molecule has 17 heavy (non-hydrogen) atoms. The summed E-state index contributed by atoms with van der Waals surface area (Å²) < 4.78 is 25.5. The van der Waals surface area contributed by atoms with Crippen LogP contribution in [-0.4, -0.2) is 25.0 Å². The summed E-state index contributed by atoms with van der Waals surface area (Å²) in [5.41, 5.74) is 7.35. The first-order valence-electron chi connectivity index (χ1n) is 5.86. The van der Waals surface area contributed by atoms with E-state index in [1.54, 1.807) is 10.4 Å². The number of rotatable bonds is 2. The Morgan fingerprint density at radius 3 is 2.76 bits per heavy atom. The van der Waals surface area contributed by atoms with Gasteiger partial charge in [0.1, 0.15) is 0 Å². The molecule has 0 radical (unpaired) electrons. The van der Waals surface area contributed by atoms with Crippen molar-refractivity contribution in [3.8, 4) is 0 Å². The predicted molar refractivity (Wildman–Crippen MR) is 69.0 cm³/mol. The number of hydrogen-bond donors (Lipinski definition) is 1. The van der Waals surface area contributed by atoms with Crippen molar-refractivity contribution in [3.05, 3.63) is 29.8 Å². The number of anilines is 1. The van der Waals surface area contributed by atoms with Crippen LogP contribution in [0.25, 0.3) is 0 Å². The maximum Gasteiger partial charge on any atom is 0.214 e. The number of sulfonamides is 1. The quantitative estimate of drug-likeness (QED) is 0.818. The highest BCUT2D eigenvalue weighted by Gasteiger charge is 2.30. The van der Waals surface area contributed by atoms with Crippen molar-refractivity contribution in [2.45, 2.75) is 25.8 Å². The van der Waals surface area contributed by atoms with E-state index >= 15 is 0 Å². The monoisotopic (exact) mass is 254 g/mol. The zero-order valence-corrected chi connectivity index (χ0v) is 10.8. The Labute approximate surface area is 102 Å². The van der Waals surface area contributed by atoms with Crippen molar-refractivity contribution < 1.29 is 8.42 Å². The van der Waals surface area contributed by atoms with Crippen LogP contribution in [0.15, 0.2) is 24.3 Å². The van der Waals surface area contributed by atoms with Crippen LogP contribution in [0, 0.1) is 0 Å². The fourth-order valence-corrected chi connectivity index (χ4v) is 4.04. The minimum absolute atomic E-state index is 0.135. The molecular weight excluding hydrogens is 236 g/mol. The van der Waals surface area contributed by atoms with E-state index in [0.29, 0.717) is 12.2 Å². The van der Waals surface area contributed by atoms with Gasteiger partial charge >= 0.3 is 0 Å². The molecular formula is C12H18N2O2S. The minimum Gasteiger partial charge on any atom is -0.399 e. The van der Waals surface area contributed by atoms with Crippen molar-refractivity contribution in [1.29, 1.82) is 0 Å². The first-order chi connectivity index (χ1) is 8.00. The second kappa shape index (κ2) is 4.66. The van der Waals surface area contributed by atoms with Crippen LogP contribution < -0.4 is 5.73 Å². The van der Waals surface area contributed by atoms with Gasteiger partial charge in [0.15, 0.2) is 0 Å². The molecule has 1 aliphatic heterocycles.